The first kappa shape index (κ1) is 27.1. The van der Waals surface area contributed by atoms with Gasteiger partial charge in [0, 0.05) is 5.19 Å². The molecule has 0 nitrogen and oxygen atoms in total. The highest BCUT2D eigenvalue weighted by Crippen LogP contribution is 2.17. The molecule has 6 heteroatoms. The average Bonchev–Trinajstić information content (AvgIpc) is 2.75. The summed E-state index contributed by atoms with van der Waals surface area (Å²) >= 11 is 0. The maximum atomic E-state index is 13.6. The van der Waals surface area contributed by atoms with Gasteiger partial charge in [0.25, 0.3) is 0 Å². The molecule has 0 aliphatic heterocycles. The molecular formula is C24H37F5Si. The van der Waals surface area contributed by atoms with E-state index in [9.17, 15) is 22.0 Å². The summed E-state index contributed by atoms with van der Waals surface area (Å²) in [4.78, 5) is 0. The Bertz CT molecular complexity index is 562. The van der Waals surface area contributed by atoms with Crippen LogP contribution in [-0.2, 0) is 0 Å². The van der Waals surface area contributed by atoms with E-state index >= 15 is 0 Å². The molecule has 0 heterocycles. The largest absolute Gasteiger partial charge is 0.204 e. The average molecular weight is 449 g/mol. The maximum absolute atomic E-state index is 13.6. The van der Waals surface area contributed by atoms with Crippen LogP contribution >= 0.6 is 0 Å². The fraction of sp³-hybridized carbons (Fsp3) is 0.750. The van der Waals surface area contributed by atoms with Gasteiger partial charge in [-0.15, -0.1) is 0 Å². The fourth-order valence-corrected chi connectivity index (χ4v) is 4.85. The summed E-state index contributed by atoms with van der Waals surface area (Å²) < 4.78 is 66.5. The molecule has 0 N–H and O–H groups in total. The van der Waals surface area contributed by atoms with E-state index in [4.69, 9.17) is 0 Å². The van der Waals surface area contributed by atoms with Gasteiger partial charge in [0.1, 0.15) is 0 Å². The zero-order chi connectivity index (χ0) is 22.2. The lowest BCUT2D eigenvalue weighted by Crippen LogP contribution is -2.27. The molecule has 0 aliphatic rings. The summed E-state index contributed by atoms with van der Waals surface area (Å²) in [5.74, 6) is -9.13. The Hall–Kier alpha value is -0.913. The first-order valence-electron chi connectivity index (χ1n) is 11.8. The lowest BCUT2D eigenvalue weighted by molar-refractivity contribution is 0.384. The predicted molar refractivity (Wildman–Crippen MR) is 116 cm³/mol. The summed E-state index contributed by atoms with van der Waals surface area (Å²) in [5.41, 5.74) is 0. The Balaban J connectivity index is 1.95. The van der Waals surface area contributed by atoms with Crippen molar-refractivity contribution in [1.82, 2.24) is 0 Å². The van der Waals surface area contributed by atoms with E-state index in [0.29, 0.717) is 6.04 Å². The van der Waals surface area contributed by atoms with Crippen molar-refractivity contribution in [1.29, 1.82) is 0 Å². The van der Waals surface area contributed by atoms with Gasteiger partial charge in [-0.05, 0) is 0 Å². The summed E-state index contributed by atoms with van der Waals surface area (Å²) in [7, 11) is -0.394. The number of benzene rings is 1. The minimum atomic E-state index is -2.08. The topological polar surface area (TPSA) is 0 Å². The molecule has 0 spiro atoms. The monoisotopic (exact) mass is 448 g/mol. The van der Waals surface area contributed by atoms with Gasteiger partial charge in [-0.25, -0.2) is 22.0 Å². The highest BCUT2D eigenvalue weighted by atomic mass is 28.2. The third kappa shape index (κ3) is 10.4. The summed E-state index contributed by atoms with van der Waals surface area (Å²) in [6.07, 6.45) is 19.8. The Morgan fingerprint density at radius 1 is 0.433 bits per heavy atom. The third-order valence-electron chi connectivity index (χ3n) is 5.54. The zero-order valence-electron chi connectivity index (χ0n) is 18.4. The number of hydrogen-bond donors (Lipinski definition) is 0. The Morgan fingerprint density at radius 2 is 0.733 bits per heavy atom. The van der Waals surface area contributed by atoms with Crippen LogP contribution in [0.4, 0.5) is 22.0 Å². The zero-order valence-corrected chi connectivity index (χ0v) is 19.4. The highest BCUT2D eigenvalue weighted by Gasteiger charge is 2.25. The Kier molecular flexibility index (Phi) is 15.1. The summed E-state index contributed by atoms with van der Waals surface area (Å²) in [5, 5.41) is -0.660. The van der Waals surface area contributed by atoms with E-state index < -0.39 is 43.8 Å². The van der Waals surface area contributed by atoms with Crippen LogP contribution in [0.5, 0.6) is 0 Å². The minimum absolute atomic E-state index is 0.394. The Morgan fingerprint density at radius 3 is 1.10 bits per heavy atom. The summed E-state index contributed by atoms with van der Waals surface area (Å²) in [6, 6.07) is 0.455. The molecule has 0 saturated heterocycles. The SMILES string of the molecule is CCCCCCCCCCCCCCCCCC[Si]c1c(F)c(F)c(F)c(F)c1F. The van der Waals surface area contributed by atoms with Gasteiger partial charge < -0.3 is 0 Å². The molecule has 0 saturated carbocycles. The maximum Gasteiger partial charge on any atom is 0.200 e. The fourth-order valence-electron chi connectivity index (χ4n) is 3.65. The second-order valence-corrected chi connectivity index (χ2v) is 9.53. The number of unbranched alkanes of at least 4 members (excludes halogenated alkanes) is 15. The molecule has 0 atom stereocenters. The van der Waals surface area contributed by atoms with Crippen molar-refractivity contribution in [3.8, 4) is 0 Å². The third-order valence-corrected chi connectivity index (χ3v) is 6.94. The van der Waals surface area contributed by atoms with Gasteiger partial charge in [-0.3, -0.25) is 0 Å². The van der Waals surface area contributed by atoms with Crippen LogP contribution in [0.2, 0.25) is 6.04 Å². The van der Waals surface area contributed by atoms with E-state index in [0.717, 1.165) is 25.7 Å². The molecule has 0 aliphatic carbocycles. The minimum Gasteiger partial charge on any atom is -0.204 e. The van der Waals surface area contributed by atoms with Crippen LogP contribution in [0.1, 0.15) is 110 Å². The van der Waals surface area contributed by atoms with Crippen molar-refractivity contribution in [3.05, 3.63) is 29.1 Å². The van der Waals surface area contributed by atoms with Crippen molar-refractivity contribution in [3.63, 3.8) is 0 Å². The van der Waals surface area contributed by atoms with Crippen molar-refractivity contribution >= 4 is 14.7 Å². The van der Waals surface area contributed by atoms with E-state index in [1.165, 1.54) is 77.0 Å². The number of hydrogen-bond acceptors (Lipinski definition) is 0. The molecule has 1 aromatic rings. The first-order chi connectivity index (χ1) is 14.5. The molecule has 0 fully saturated rings. The van der Waals surface area contributed by atoms with E-state index in [1.54, 1.807) is 0 Å². The summed E-state index contributed by atoms with van der Waals surface area (Å²) in [6.45, 7) is 2.24. The van der Waals surface area contributed by atoms with E-state index in [2.05, 4.69) is 6.92 Å². The van der Waals surface area contributed by atoms with Crippen molar-refractivity contribution < 1.29 is 22.0 Å². The quantitative estimate of drug-likeness (QED) is 0.0695. The van der Waals surface area contributed by atoms with Crippen LogP contribution in [0, 0.1) is 29.1 Å². The molecular weight excluding hydrogens is 411 g/mol. The van der Waals surface area contributed by atoms with Crippen molar-refractivity contribution in [2.24, 2.45) is 0 Å². The molecule has 2 radical (unpaired) electrons. The van der Waals surface area contributed by atoms with Gasteiger partial charge in [-0.2, -0.15) is 0 Å². The van der Waals surface area contributed by atoms with Crippen LogP contribution < -0.4 is 5.19 Å². The molecule has 1 rings (SSSR count). The van der Waals surface area contributed by atoms with Crippen LogP contribution in [0.3, 0.4) is 0 Å². The van der Waals surface area contributed by atoms with Gasteiger partial charge in [0.05, 0.1) is 9.52 Å². The molecule has 172 valence electrons. The van der Waals surface area contributed by atoms with Crippen LogP contribution in [0.25, 0.3) is 0 Å². The second kappa shape index (κ2) is 16.7. The first-order valence-corrected chi connectivity index (χ1v) is 13.0. The number of rotatable bonds is 18. The lowest BCUT2D eigenvalue weighted by atomic mass is 10.0. The van der Waals surface area contributed by atoms with Crippen LogP contribution in [-0.4, -0.2) is 9.52 Å². The second-order valence-electron chi connectivity index (χ2n) is 8.17. The molecule has 30 heavy (non-hydrogen) atoms. The van der Waals surface area contributed by atoms with Gasteiger partial charge in [0.15, 0.2) is 23.3 Å². The smallest absolute Gasteiger partial charge is 0.200 e. The Labute approximate surface area is 181 Å². The van der Waals surface area contributed by atoms with Gasteiger partial charge >= 0.3 is 0 Å². The molecule has 0 bridgehead atoms. The molecule has 1 aromatic carbocycles. The standard InChI is InChI=1S/C24H37F5Si/c1-2-3-4-5-6-7-8-9-10-11-12-13-14-15-16-17-18-30-24-22(28)20(26)19(25)21(27)23(24)29/h2-18H2,1H3. The lowest BCUT2D eigenvalue weighted by Gasteiger charge is -2.07. The van der Waals surface area contributed by atoms with Crippen molar-refractivity contribution in [2.75, 3.05) is 0 Å². The molecule has 0 amide bonds. The normalized spacial score (nSPS) is 11.4. The van der Waals surface area contributed by atoms with Gasteiger partial charge in [0.2, 0.25) is 5.82 Å². The van der Waals surface area contributed by atoms with E-state index in [-0.39, 0.29) is 0 Å². The van der Waals surface area contributed by atoms with E-state index in [1.807, 2.05) is 0 Å². The molecule has 0 unspecified atom stereocenters. The van der Waals surface area contributed by atoms with Gasteiger partial charge in [-0.1, -0.05) is 116 Å². The highest BCUT2D eigenvalue weighted by molar-refractivity contribution is 6.53. The van der Waals surface area contributed by atoms with Crippen molar-refractivity contribution in [2.45, 2.75) is 116 Å². The van der Waals surface area contributed by atoms with Crippen LogP contribution in [0.15, 0.2) is 0 Å². The predicted octanol–water partition coefficient (Wildman–Crippen LogP) is 8.39. The molecule has 0 aromatic heterocycles. The number of halogens is 5.